The first kappa shape index (κ1) is 15.9. The van der Waals surface area contributed by atoms with Crippen molar-refractivity contribution in [1.82, 2.24) is 15.0 Å². The summed E-state index contributed by atoms with van der Waals surface area (Å²) in [6.07, 6.45) is 3.61. The number of pyridine rings is 1. The predicted octanol–water partition coefficient (Wildman–Crippen LogP) is 3.95. The fourth-order valence-electron chi connectivity index (χ4n) is 2.54. The van der Waals surface area contributed by atoms with E-state index >= 15 is 0 Å². The lowest BCUT2D eigenvalue weighted by Gasteiger charge is -2.23. The van der Waals surface area contributed by atoms with E-state index in [2.05, 4.69) is 44.2 Å². The van der Waals surface area contributed by atoms with Crippen LogP contribution in [-0.4, -0.2) is 21.5 Å². The Labute approximate surface area is 142 Å². The van der Waals surface area contributed by atoms with Crippen LogP contribution in [0.25, 0.3) is 0 Å². The smallest absolute Gasteiger partial charge is 0.225 e. The average Bonchev–Trinajstić information content (AvgIpc) is 2.62. The van der Waals surface area contributed by atoms with Gasteiger partial charge in [0, 0.05) is 42.9 Å². The van der Waals surface area contributed by atoms with Gasteiger partial charge in [-0.25, -0.2) is 4.98 Å². The zero-order valence-corrected chi connectivity index (χ0v) is 14.0. The Morgan fingerprint density at radius 3 is 2.58 bits per heavy atom. The van der Waals surface area contributed by atoms with Crippen LogP contribution in [0.15, 0.2) is 60.9 Å². The Bertz CT molecular complexity index is 774. The first-order valence-electron chi connectivity index (χ1n) is 8.07. The molecule has 0 aliphatic rings. The molecule has 0 fully saturated rings. The molecule has 0 radical (unpaired) electrons. The highest BCUT2D eigenvalue weighted by atomic mass is 15.2. The van der Waals surface area contributed by atoms with E-state index in [4.69, 9.17) is 0 Å². The van der Waals surface area contributed by atoms with Crippen molar-refractivity contribution >= 4 is 17.5 Å². The van der Waals surface area contributed by atoms with Gasteiger partial charge in [-0.15, -0.1) is 0 Å². The van der Waals surface area contributed by atoms with Gasteiger partial charge in [0.05, 0.1) is 0 Å². The quantitative estimate of drug-likeness (QED) is 0.745. The highest BCUT2D eigenvalue weighted by Gasteiger charge is 2.11. The maximum absolute atomic E-state index is 4.68. The number of aromatic nitrogens is 3. The number of benzene rings is 1. The van der Waals surface area contributed by atoms with E-state index in [1.165, 1.54) is 0 Å². The number of rotatable bonds is 6. The first-order valence-corrected chi connectivity index (χ1v) is 8.07. The van der Waals surface area contributed by atoms with E-state index in [1.807, 2.05) is 49.5 Å². The summed E-state index contributed by atoms with van der Waals surface area (Å²) in [5.41, 5.74) is 3.15. The van der Waals surface area contributed by atoms with E-state index in [9.17, 15) is 0 Å². The molecule has 1 N–H and O–H groups in total. The molecule has 0 atom stereocenters. The van der Waals surface area contributed by atoms with Crippen LogP contribution < -0.4 is 10.2 Å². The van der Waals surface area contributed by atoms with Crippen LogP contribution in [0.2, 0.25) is 0 Å². The normalized spacial score (nSPS) is 10.4. The molecule has 24 heavy (non-hydrogen) atoms. The molecule has 0 unspecified atom stereocenters. The Balaban J connectivity index is 1.83. The highest BCUT2D eigenvalue weighted by molar-refractivity contribution is 5.61. The molecule has 2 aromatic heterocycles. The van der Waals surface area contributed by atoms with Gasteiger partial charge in [0.2, 0.25) is 5.95 Å². The summed E-state index contributed by atoms with van der Waals surface area (Å²) in [6.45, 7) is 5.59. The van der Waals surface area contributed by atoms with E-state index in [-0.39, 0.29) is 0 Å². The van der Waals surface area contributed by atoms with Crippen molar-refractivity contribution in [3.8, 4) is 0 Å². The van der Waals surface area contributed by atoms with E-state index in [1.54, 1.807) is 6.20 Å². The largest absolute Gasteiger partial charge is 0.350 e. The van der Waals surface area contributed by atoms with Crippen LogP contribution in [0, 0.1) is 6.92 Å². The van der Waals surface area contributed by atoms with Gasteiger partial charge in [-0.3, -0.25) is 4.98 Å². The van der Waals surface area contributed by atoms with Crippen LogP contribution in [0.5, 0.6) is 0 Å². The monoisotopic (exact) mass is 319 g/mol. The van der Waals surface area contributed by atoms with Gasteiger partial charge in [-0.05, 0) is 37.6 Å². The second kappa shape index (κ2) is 7.55. The second-order valence-electron chi connectivity index (χ2n) is 5.49. The van der Waals surface area contributed by atoms with Gasteiger partial charge in [0.15, 0.2) is 0 Å². The SMILES string of the molecule is CCN(c1ccccc1)c1cc(C)nc(NCc2cccnc2)n1. The highest BCUT2D eigenvalue weighted by Crippen LogP contribution is 2.24. The van der Waals surface area contributed by atoms with Crippen molar-refractivity contribution in [1.29, 1.82) is 0 Å². The van der Waals surface area contributed by atoms with Gasteiger partial charge in [0.25, 0.3) is 0 Å². The molecule has 0 aliphatic carbocycles. The summed E-state index contributed by atoms with van der Waals surface area (Å²) in [5, 5.41) is 3.28. The van der Waals surface area contributed by atoms with Gasteiger partial charge in [-0.2, -0.15) is 4.98 Å². The Kier molecular flexibility index (Phi) is 5.01. The third kappa shape index (κ3) is 3.87. The number of hydrogen-bond donors (Lipinski definition) is 1. The topological polar surface area (TPSA) is 53.9 Å². The molecule has 0 spiro atoms. The molecule has 5 heteroatoms. The lowest BCUT2D eigenvalue weighted by atomic mass is 10.2. The van der Waals surface area contributed by atoms with Gasteiger partial charge >= 0.3 is 0 Å². The molecular weight excluding hydrogens is 298 g/mol. The minimum absolute atomic E-state index is 0.628. The van der Waals surface area contributed by atoms with E-state index in [0.29, 0.717) is 12.5 Å². The van der Waals surface area contributed by atoms with Crippen LogP contribution in [-0.2, 0) is 6.54 Å². The van der Waals surface area contributed by atoms with Crippen LogP contribution in [0.4, 0.5) is 17.5 Å². The summed E-state index contributed by atoms with van der Waals surface area (Å²) >= 11 is 0. The molecule has 3 rings (SSSR count). The van der Waals surface area contributed by atoms with E-state index in [0.717, 1.165) is 29.3 Å². The summed E-state index contributed by atoms with van der Waals surface area (Å²) in [7, 11) is 0. The van der Waals surface area contributed by atoms with Gasteiger partial charge in [-0.1, -0.05) is 24.3 Å². The lowest BCUT2D eigenvalue weighted by Crippen LogP contribution is -2.18. The molecule has 0 saturated carbocycles. The molecule has 0 saturated heterocycles. The van der Waals surface area contributed by atoms with E-state index < -0.39 is 0 Å². The maximum Gasteiger partial charge on any atom is 0.225 e. The average molecular weight is 319 g/mol. The number of nitrogens with zero attached hydrogens (tertiary/aromatic N) is 4. The summed E-state index contributed by atoms with van der Waals surface area (Å²) in [5.74, 6) is 1.52. The standard InChI is InChI=1S/C19H21N5/c1-3-24(17-9-5-4-6-10-17)18-12-15(2)22-19(23-18)21-14-16-8-7-11-20-13-16/h4-13H,3,14H2,1-2H3,(H,21,22,23). The number of hydrogen-bond acceptors (Lipinski definition) is 5. The third-order valence-corrected chi connectivity index (χ3v) is 3.67. The summed E-state index contributed by atoms with van der Waals surface area (Å²) in [6, 6.07) is 16.2. The van der Waals surface area contributed by atoms with Crippen LogP contribution in [0.3, 0.4) is 0 Å². The number of anilines is 3. The van der Waals surface area contributed by atoms with Gasteiger partial charge in [0.1, 0.15) is 5.82 Å². The van der Waals surface area contributed by atoms with Crippen molar-refractivity contribution in [2.75, 3.05) is 16.8 Å². The number of aryl methyl sites for hydroxylation is 1. The van der Waals surface area contributed by atoms with Crippen molar-refractivity contribution in [3.05, 3.63) is 72.2 Å². The summed E-state index contributed by atoms with van der Waals surface area (Å²) in [4.78, 5) is 15.5. The van der Waals surface area contributed by atoms with Crippen LogP contribution >= 0.6 is 0 Å². The molecule has 3 aromatic rings. The second-order valence-corrected chi connectivity index (χ2v) is 5.49. The third-order valence-electron chi connectivity index (χ3n) is 3.67. The first-order chi connectivity index (χ1) is 11.8. The molecule has 1 aromatic carbocycles. The lowest BCUT2D eigenvalue weighted by molar-refractivity contribution is 0.954. The Hall–Kier alpha value is -2.95. The fourth-order valence-corrected chi connectivity index (χ4v) is 2.54. The molecule has 0 amide bonds. The minimum Gasteiger partial charge on any atom is -0.350 e. The molecule has 0 aliphatic heterocycles. The number of nitrogens with one attached hydrogen (secondary N) is 1. The molecule has 122 valence electrons. The van der Waals surface area contributed by atoms with Crippen molar-refractivity contribution in [3.63, 3.8) is 0 Å². The Morgan fingerprint density at radius 2 is 1.88 bits per heavy atom. The molecule has 5 nitrogen and oxygen atoms in total. The number of para-hydroxylation sites is 1. The van der Waals surface area contributed by atoms with Crippen molar-refractivity contribution < 1.29 is 0 Å². The minimum atomic E-state index is 0.628. The van der Waals surface area contributed by atoms with Crippen molar-refractivity contribution in [2.24, 2.45) is 0 Å². The Morgan fingerprint density at radius 1 is 1.04 bits per heavy atom. The van der Waals surface area contributed by atoms with Gasteiger partial charge < -0.3 is 10.2 Å². The zero-order valence-electron chi connectivity index (χ0n) is 14.0. The predicted molar refractivity (Wildman–Crippen MR) is 97.5 cm³/mol. The molecule has 0 bridgehead atoms. The molecule has 2 heterocycles. The zero-order chi connectivity index (χ0) is 16.8. The maximum atomic E-state index is 4.68. The fraction of sp³-hybridized carbons (Fsp3) is 0.211. The van der Waals surface area contributed by atoms with Crippen molar-refractivity contribution in [2.45, 2.75) is 20.4 Å². The summed E-state index contributed by atoms with van der Waals surface area (Å²) < 4.78 is 0. The van der Waals surface area contributed by atoms with Crippen LogP contribution in [0.1, 0.15) is 18.2 Å². The molecular formula is C19H21N5.